The highest BCUT2D eigenvalue weighted by Gasteiger charge is 2.06. The second-order valence-corrected chi connectivity index (χ2v) is 5.71. The molecule has 1 heterocycles. The number of pyridine rings is 1. The number of methoxy groups -OCH3 is 1. The Bertz CT molecular complexity index is 569. The number of benzene rings is 1. The van der Waals surface area contributed by atoms with E-state index in [0.29, 0.717) is 0 Å². The van der Waals surface area contributed by atoms with Gasteiger partial charge in [-0.25, -0.2) is 0 Å². The Balaban J connectivity index is 2.01. The van der Waals surface area contributed by atoms with Crippen LogP contribution in [-0.4, -0.2) is 12.1 Å². The number of hydrogen-bond acceptors (Lipinski definition) is 3. The molecule has 20 heavy (non-hydrogen) atoms. The summed E-state index contributed by atoms with van der Waals surface area (Å²) in [7, 11) is 1.68. The van der Waals surface area contributed by atoms with Crippen molar-refractivity contribution in [3.63, 3.8) is 0 Å². The van der Waals surface area contributed by atoms with Gasteiger partial charge in [-0.2, -0.15) is 0 Å². The molecule has 0 aliphatic heterocycles. The van der Waals surface area contributed by atoms with E-state index in [1.54, 1.807) is 7.11 Å². The summed E-state index contributed by atoms with van der Waals surface area (Å²) < 4.78 is 6.36. The van der Waals surface area contributed by atoms with E-state index in [4.69, 9.17) is 4.74 Å². The molecule has 1 aromatic carbocycles. The van der Waals surface area contributed by atoms with Crippen molar-refractivity contribution in [1.82, 2.24) is 10.3 Å². The lowest BCUT2D eigenvalue weighted by Crippen LogP contribution is -2.19. The van der Waals surface area contributed by atoms with Crippen molar-refractivity contribution in [2.75, 3.05) is 7.11 Å². The molecule has 0 aliphatic rings. The molecule has 0 bridgehead atoms. The lowest BCUT2D eigenvalue weighted by molar-refractivity contribution is 0.412. The zero-order chi connectivity index (χ0) is 14.5. The number of halogens is 1. The standard InChI is InChI=1S/C16H19BrN2O/c1-11-8-16(20-3)9-15(19-11)10-18-12(2)13-4-6-14(17)7-5-13/h4-9,12,18H,10H2,1-3H3/t12-/m0/s1. The fraction of sp³-hybridized carbons (Fsp3) is 0.312. The molecule has 1 N–H and O–H groups in total. The van der Waals surface area contributed by atoms with Gasteiger partial charge in [-0.3, -0.25) is 4.98 Å². The van der Waals surface area contributed by atoms with E-state index < -0.39 is 0 Å². The van der Waals surface area contributed by atoms with Gasteiger partial charge in [-0.05, 0) is 31.5 Å². The van der Waals surface area contributed by atoms with Crippen LogP contribution in [0.1, 0.15) is 29.9 Å². The van der Waals surface area contributed by atoms with E-state index in [0.717, 1.165) is 28.2 Å². The summed E-state index contributed by atoms with van der Waals surface area (Å²) >= 11 is 3.45. The van der Waals surface area contributed by atoms with Gasteiger partial charge >= 0.3 is 0 Å². The monoisotopic (exact) mass is 334 g/mol. The minimum absolute atomic E-state index is 0.274. The fourth-order valence-corrected chi connectivity index (χ4v) is 2.30. The number of aromatic nitrogens is 1. The van der Waals surface area contributed by atoms with Crippen molar-refractivity contribution in [1.29, 1.82) is 0 Å². The van der Waals surface area contributed by atoms with Gasteiger partial charge in [0, 0.05) is 34.9 Å². The van der Waals surface area contributed by atoms with Crippen molar-refractivity contribution < 1.29 is 4.74 Å². The molecule has 0 aliphatic carbocycles. The van der Waals surface area contributed by atoms with Crippen LogP contribution in [0, 0.1) is 6.92 Å². The molecule has 1 aromatic heterocycles. The zero-order valence-electron chi connectivity index (χ0n) is 12.0. The molecule has 0 saturated carbocycles. The third-order valence-electron chi connectivity index (χ3n) is 3.18. The van der Waals surface area contributed by atoms with Crippen LogP contribution in [0.4, 0.5) is 0 Å². The molecule has 0 unspecified atom stereocenters. The van der Waals surface area contributed by atoms with Gasteiger partial charge < -0.3 is 10.1 Å². The third-order valence-corrected chi connectivity index (χ3v) is 3.70. The normalized spacial score (nSPS) is 12.2. The van der Waals surface area contributed by atoms with Crippen LogP contribution in [0.15, 0.2) is 40.9 Å². The Hall–Kier alpha value is -1.39. The molecule has 0 fully saturated rings. The highest BCUT2D eigenvalue weighted by atomic mass is 79.9. The van der Waals surface area contributed by atoms with Gasteiger partial charge in [0.1, 0.15) is 5.75 Å². The maximum atomic E-state index is 5.27. The molecule has 2 aromatic rings. The fourth-order valence-electron chi connectivity index (χ4n) is 2.04. The summed E-state index contributed by atoms with van der Waals surface area (Å²) in [4.78, 5) is 4.51. The van der Waals surface area contributed by atoms with Crippen LogP contribution >= 0.6 is 15.9 Å². The van der Waals surface area contributed by atoms with Crippen molar-refractivity contribution in [3.8, 4) is 5.75 Å². The molecular weight excluding hydrogens is 316 g/mol. The first-order valence-electron chi connectivity index (χ1n) is 6.59. The summed E-state index contributed by atoms with van der Waals surface area (Å²) in [5.74, 6) is 0.852. The first-order valence-corrected chi connectivity index (χ1v) is 7.38. The van der Waals surface area contributed by atoms with Crippen LogP contribution in [0.5, 0.6) is 5.75 Å². The van der Waals surface area contributed by atoms with Crippen molar-refractivity contribution in [2.24, 2.45) is 0 Å². The Labute approximate surface area is 128 Å². The first kappa shape index (κ1) is 15.0. The van der Waals surface area contributed by atoms with E-state index >= 15 is 0 Å². The van der Waals surface area contributed by atoms with Gasteiger partial charge in [-0.15, -0.1) is 0 Å². The topological polar surface area (TPSA) is 34.1 Å². The summed E-state index contributed by atoms with van der Waals surface area (Å²) in [6.07, 6.45) is 0. The molecule has 0 amide bonds. The number of hydrogen-bond donors (Lipinski definition) is 1. The zero-order valence-corrected chi connectivity index (χ0v) is 13.6. The first-order chi connectivity index (χ1) is 9.58. The number of nitrogens with one attached hydrogen (secondary N) is 1. The van der Waals surface area contributed by atoms with Gasteiger partial charge in [0.2, 0.25) is 0 Å². The maximum absolute atomic E-state index is 5.27. The summed E-state index contributed by atoms with van der Waals surface area (Å²) in [5, 5.41) is 3.48. The van der Waals surface area contributed by atoms with Crippen molar-refractivity contribution in [3.05, 3.63) is 57.8 Å². The maximum Gasteiger partial charge on any atom is 0.122 e. The van der Waals surface area contributed by atoms with Crippen LogP contribution in [-0.2, 0) is 6.54 Å². The van der Waals surface area contributed by atoms with Gasteiger partial charge in [0.25, 0.3) is 0 Å². The second-order valence-electron chi connectivity index (χ2n) is 4.79. The van der Waals surface area contributed by atoms with E-state index in [-0.39, 0.29) is 6.04 Å². The minimum atomic E-state index is 0.274. The quantitative estimate of drug-likeness (QED) is 0.896. The van der Waals surface area contributed by atoms with Crippen molar-refractivity contribution in [2.45, 2.75) is 26.4 Å². The summed E-state index contributed by atoms with van der Waals surface area (Å²) in [5.41, 5.74) is 3.22. The lowest BCUT2D eigenvalue weighted by Gasteiger charge is -2.14. The number of aryl methyl sites for hydroxylation is 1. The van der Waals surface area contributed by atoms with Gasteiger partial charge in [0.15, 0.2) is 0 Å². The molecule has 0 saturated heterocycles. The predicted molar refractivity (Wildman–Crippen MR) is 84.9 cm³/mol. The average Bonchev–Trinajstić information content (AvgIpc) is 2.45. The summed E-state index contributed by atoms with van der Waals surface area (Å²) in [6, 6.07) is 12.5. The Morgan fingerprint density at radius 2 is 1.95 bits per heavy atom. The number of ether oxygens (including phenoxy) is 1. The van der Waals surface area contributed by atoms with E-state index in [2.05, 4.69) is 57.4 Å². The van der Waals surface area contributed by atoms with Gasteiger partial charge in [-0.1, -0.05) is 28.1 Å². The Morgan fingerprint density at radius 1 is 1.25 bits per heavy atom. The highest BCUT2D eigenvalue weighted by Crippen LogP contribution is 2.18. The minimum Gasteiger partial charge on any atom is -0.497 e. The Morgan fingerprint density at radius 3 is 2.60 bits per heavy atom. The van der Waals surface area contributed by atoms with E-state index in [1.165, 1.54) is 5.56 Å². The van der Waals surface area contributed by atoms with Crippen molar-refractivity contribution >= 4 is 15.9 Å². The third kappa shape index (κ3) is 4.05. The van der Waals surface area contributed by atoms with Crippen LogP contribution in [0.25, 0.3) is 0 Å². The van der Waals surface area contributed by atoms with Crippen LogP contribution in [0.3, 0.4) is 0 Å². The smallest absolute Gasteiger partial charge is 0.122 e. The van der Waals surface area contributed by atoms with Gasteiger partial charge in [0.05, 0.1) is 12.8 Å². The Kier molecular flexibility index (Phi) is 5.15. The highest BCUT2D eigenvalue weighted by molar-refractivity contribution is 9.10. The van der Waals surface area contributed by atoms with Crippen LogP contribution in [0.2, 0.25) is 0 Å². The predicted octanol–water partition coefficient (Wildman–Crippen LogP) is 4.01. The largest absolute Gasteiger partial charge is 0.497 e. The molecule has 1 atom stereocenters. The number of nitrogens with zero attached hydrogens (tertiary/aromatic N) is 1. The SMILES string of the molecule is COc1cc(C)nc(CN[C@@H](C)c2ccc(Br)cc2)c1. The second kappa shape index (κ2) is 6.86. The summed E-state index contributed by atoms with van der Waals surface area (Å²) in [6.45, 7) is 4.84. The molecule has 0 spiro atoms. The molecule has 2 rings (SSSR count). The molecule has 0 radical (unpaired) electrons. The molecule has 4 heteroatoms. The molecule has 3 nitrogen and oxygen atoms in total. The molecule has 106 valence electrons. The lowest BCUT2D eigenvalue weighted by atomic mass is 10.1. The number of rotatable bonds is 5. The van der Waals surface area contributed by atoms with E-state index in [1.807, 2.05) is 19.1 Å². The van der Waals surface area contributed by atoms with Crippen LogP contribution < -0.4 is 10.1 Å². The van der Waals surface area contributed by atoms with E-state index in [9.17, 15) is 0 Å². The average molecular weight is 335 g/mol. The molecular formula is C16H19BrN2O.